The van der Waals surface area contributed by atoms with E-state index in [1.54, 1.807) is 0 Å². The van der Waals surface area contributed by atoms with Gasteiger partial charge in [-0.05, 0) is 30.1 Å². The van der Waals surface area contributed by atoms with Gasteiger partial charge in [0.05, 0.1) is 0 Å². The molecule has 0 radical (unpaired) electrons. The Labute approximate surface area is 117 Å². The van der Waals surface area contributed by atoms with Crippen LogP contribution in [0.4, 0.5) is 0 Å². The highest BCUT2D eigenvalue weighted by molar-refractivity contribution is 5.86. The van der Waals surface area contributed by atoms with Crippen molar-refractivity contribution in [2.45, 2.75) is 38.9 Å². The lowest BCUT2D eigenvalue weighted by molar-refractivity contribution is -0.244. The monoisotopic (exact) mass is 278 g/mol. The van der Waals surface area contributed by atoms with Crippen LogP contribution in [0.5, 0.6) is 0 Å². The molecule has 4 aliphatic rings. The van der Waals surface area contributed by atoms with E-state index in [0.717, 1.165) is 6.42 Å². The zero-order chi connectivity index (χ0) is 14.2. The number of ether oxygens (including phenoxy) is 2. The number of ketones is 1. The first-order valence-electron chi connectivity index (χ1n) is 7.35. The topological polar surface area (TPSA) is 69.7 Å². The number of carbonyl (C=O) groups is 3. The summed E-state index contributed by atoms with van der Waals surface area (Å²) in [5, 5.41) is 0. The molecule has 0 saturated heterocycles. The molecule has 5 nitrogen and oxygen atoms in total. The van der Waals surface area contributed by atoms with Crippen molar-refractivity contribution < 1.29 is 23.9 Å². The van der Waals surface area contributed by atoms with E-state index in [4.69, 9.17) is 9.47 Å². The van der Waals surface area contributed by atoms with E-state index >= 15 is 0 Å². The third-order valence-corrected chi connectivity index (χ3v) is 5.97. The number of carbonyl (C=O) groups excluding carboxylic acids is 3. The summed E-state index contributed by atoms with van der Waals surface area (Å²) in [6.07, 6.45) is 2.27. The Kier molecular flexibility index (Phi) is 2.24. The van der Waals surface area contributed by atoms with E-state index in [2.05, 4.69) is 0 Å². The Bertz CT molecular complexity index is 508. The Hall–Kier alpha value is -1.39. The summed E-state index contributed by atoms with van der Waals surface area (Å²) in [7, 11) is 0. The molecule has 20 heavy (non-hydrogen) atoms. The average molecular weight is 278 g/mol. The summed E-state index contributed by atoms with van der Waals surface area (Å²) in [4.78, 5) is 35.2. The number of hydrogen-bond donors (Lipinski definition) is 0. The molecule has 0 heterocycles. The Morgan fingerprint density at radius 2 is 1.70 bits per heavy atom. The van der Waals surface area contributed by atoms with Crippen molar-refractivity contribution in [3.8, 4) is 0 Å². The largest absolute Gasteiger partial charge is 0.422 e. The predicted octanol–water partition coefficient (Wildman–Crippen LogP) is 1.30. The molecule has 0 aromatic carbocycles. The van der Waals surface area contributed by atoms with Crippen LogP contribution in [-0.2, 0) is 23.9 Å². The lowest BCUT2D eigenvalue weighted by atomic mass is 9.79. The molecule has 4 aliphatic carbocycles. The lowest BCUT2D eigenvalue weighted by Crippen LogP contribution is -2.46. The summed E-state index contributed by atoms with van der Waals surface area (Å²) in [6.45, 7) is 2.66. The smallest absolute Gasteiger partial charge is 0.305 e. The molecule has 108 valence electrons. The third kappa shape index (κ3) is 1.31. The van der Waals surface area contributed by atoms with Crippen molar-refractivity contribution in [2.75, 3.05) is 0 Å². The minimum atomic E-state index is -1.18. The minimum Gasteiger partial charge on any atom is -0.422 e. The number of hydrogen-bond acceptors (Lipinski definition) is 5. The van der Waals surface area contributed by atoms with Gasteiger partial charge in [-0.25, -0.2) is 0 Å². The van der Waals surface area contributed by atoms with Crippen molar-refractivity contribution >= 4 is 17.7 Å². The molecule has 4 rings (SSSR count). The maximum Gasteiger partial charge on any atom is 0.305 e. The average Bonchev–Trinajstić information content (AvgIpc) is 2.92. The summed E-state index contributed by atoms with van der Waals surface area (Å²) in [5.74, 6) is -0.392. The molecular weight excluding hydrogens is 260 g/mol. The van der Waals surface area contributed by atoms with Crippen molar-refractivity contribution in [3.05, 3.63) is 0 Å². The normalized spacial score (nSPS) is 45.8. The van der Waals surface area contributed by atoms with Crippen LogP contribution in [0.2, 0.25) is 0 Å². The molecular formula is C15H18O5. The van der Waals surface area contributed by atoms with Crippen molar-refractivity contribution in [1.82, 2.24) is 0 Å². The summed E-state index contributed by atoms with van der Waals surface area (Å²) in [5.41, 5.74) is 0. The van der Waals surface area contributed by atoms with Gasteiger partial charge < -0.3 is 9.47 Å². The van der Waals surface area contributed by atoms with Gasteiger partial charge in [0.2, 0.25) is 0 Å². The van der Waals surface area contributed by atoms with Crippen LogP contribution in [-0.4, -0.2) is 23.5 Å². The summed E-state index contributed by atoms with van der Waals surface area (Å²) in [6, 6.07) is 0. The molecule has 0 unspecified atom stereocenters. The molecule has 4 saturated carbocycles. The van der Waals surface area contributed by atoms with Crippen LogP contribution in [0.3, 0.4) is 0 Å². The summed E-state index contributed by atoms with van der Waals surface area (Å²) < 4.78 is 11.0. The first-order valence-corrected chi connectivity index (χ1v) is 7.35. The van der Waals surface area contributed by atoms with Gasteiger partial charge in [-0.3, -0.25) is 14.4 Å². The molecule has 2 bridgehead atoms. The molecule has 5 heteroatoms. The number of esters is 2. The fourth-order valence-electron chi connectivity index (χ4n) is 5.86. The lowest BCUT2D eigenvalue weighted by Gasteiger charge is -2.35. The van der Waals surface area contributed by atoms with E-state index in [1.165, 1.54) is 13.8 Å². The molecule has 4 fully saturated rings. The third-order valence-electron chi connectivity index (χ3n) is 5.97. The van der Waals surface area contributed by atoms with E-state index < -0.39 is 17.7 Å². The number of Topliss-reactive ketones (excluding diaryl/α,β-unsaturated/α-hetero) is 1. The van der Waals surface area contributed by atoms with Crippen molar-refractivity contribution in [3.63, 3.8) is 0 Å². The van der Waals surface area contributed by atoms with Crippen LogP contribution in [0.1, 0.15) is 33.1 Å². The first kappa shape index (κ1) is 12.4. The Morgan fingerprint density at radius 3 is 2.30 bits per heavy atom. The zero-order valence-corrected chi connectivity index (χ0v) is 11.6. The van der Waals surface area contributed by atoms with E-state index in [9.17, 15) is 14.4 Å². The van der Waals surface area contributed by atoms with Crippen molar-refractivity contribution in [2.24, 2.45) is 35.5 Å². The number of fused-ring (bicyclic) bond motifs is 2. The Morgan fingerprint density at radius 1 is 1.05 bits per heavy atom. The molecule has 6 atom stereocenters. The van der Waals surface area contributed by atoms with Crippen LogP contribution >= 0.6 is 0 Å². The number of rotatable bonds is 2. The van der Waals surface area contributed by atoms with Crippen LogP contribution < -0.4 is 0 Å². The molecule has 0 aliphatic heterocycles. The Balaban J connectivity index is 1.77. The van der Waals surface area contributed by atoms with Gasteiger partial charge in [0.25, 0.3) is 5.79 Å². The molecule has 0 amide bonds. The van der Waals surface area contributed by atoms with Crippen LogP contribution in [0.15, 0.2) is 0 Å². The second-order valence-electron chi connectivity index (χ2n) is 6.82. The maximum absolute atomic E-state index is 12.3. The SMILES string of the molecule is CC(=O)OC1(OC(C)=O)C[C@@H]2[C@@H]3CC(=O)[C@H]4[C@H]3C[C@H]2[C@H]41. The first-order chi connectivity index (χ1) is 9.43. The van der Waals surface area contributed by atoms with Gasteiger partial charge in [0.1, 0.15) is 5.78 Å². The van der Waals surface area contributed by atoms with E-state index in [0.29, 0.717) is 36.5 Å². The van der Waals surface area contributed by atoms with E-state index in [-0.39, 0.29) is 17.6 Å². The van der Waals surface area contributed by atoms with Gasteiger partial charge in [-0.2, -0.15) is 0 Å². The molecule has 0 spiro atoms. The predicted molar refractivity (Wildman–Crippen MR) is 66.1 cm³/mol. The van der Waals surface area contributed by atoms with Gasteiger partial charge in [0, 0.05) is 38.5 Å². The van der Waals surface area contributed by atoms with Gasteiger partial charge >= 0.3 is 11.9 Å². The second-order valence-corrected chi connectivity index (χ2v) is 6.82. The molecule has 0 N–H and O–H groups in total. The standard InChI is InChI=1S/C15H18O5/c1-6(16)19-15(20-7(2)17)5-11-8-4-12(18)13-9(8)3-10(11)14(13)15/h8-11,13-14H,3-5H2,1-2H3/t8-,9+,10-,11-,13-,14-/m1/s1. The van der Waals surface area contributed by atoms with Crippen LogP contribution in [0.25, 0.3) is 0 Å². The van der Waals surface area contributed by atoms with Gasteiger partial charge in [0.15, 0.2) is 0 Å². The second kappa shape index (κ2) is 3.62. The maximum atomic E-state index is 12.3. The van der Waals surface area contributed by atoms with Gasteiger partial charge in [-0.15, -0.1) is 0 Å². The molecule has 0 aromatic rings. The fraction of sp³-hybridized carbons (Fsp3) is 0.800. The highest BCUT2D eigenvalue weighted by Gasteiger charge is 2.76. The molecule has 0 aromatic heterocycles. The van der Waals surface area contributed by atoms with Gasteiger partial charge in [-0.1, -0.05) is 0 Å². The quantitative estimate of drug-likeness (QED) is 0.562. The highest BCUT2D eigenvalue weighted by Crippen LogP contribution is 2.72. The van der Waals surface area contributed by atoms with E-state index in [1.807, 2.05) is 0 Å². The van der Waals surface area contributed by atoms with Crippen molar-refractivity contribution in [1.29, 1.82) is 0 Å². The minimum absolute atomic E-state index is 0.0672. The zero-order valence-electron chi connectivity index (χ0n) is 11.6. The fourth-order valence-corrected chi connectivity index (χ4v) is 5.86. The van der Waals surface area contributed by atoms with Crippen LogP contribution in [0, 0.1) is 35.5 Å². The highest BCUT2D eigenvalue weighted by atomic mass is 16.7. The summed E-state index contributed by atoms with van der Waals surface area (Å²) >= 11 is 0.